The number of rotatable bonds is 10. The Labute approximate surface area is 234 Å². The minimum absolute atomic E-state index is 0.131. The molecule has 0 saturated carbocycles. The molecule has 1 amide bonds. The van der Waals surface area contributed by atoms with Crippen LogP contribution < -0.4 is 20.4 Å². The first-order chi connectivity index (χ1) is 19.2. The van der Waals surface area contributed by atoms with E-state index < -0.39 is 0 Å². The van der Waals surface area contributed by atoms with Gasteiger partial charge in [0.1, 0.15) is 11.6 Å². The smallest absolute Gasteiger partial charge is 0.236 e. The summed E-state index contributed by atoms with van der Waals surface area (Å²) in [5.41, 5.74) is 3.21. The van der Waals surface area contributed by atoms with Crippen molar-refractivity contribution in [1.29, 1.82) is 0 Å². The Morgan fingerprint density at radius 3 is 2.49 bits per heavy atom. The molecule has 0 bridgehead atoms. The maximum Gasteiger partial charge on any atom is 0.236 e. The van der Waals surface area contributed by atoms with Crippen LogP contribution in [0, 0.1) is 0 Å². The maximum absolute atomic E-state index is 12.7. The molecule has 1 aromatic carbocycles. The van der Waals surface area contributed by atoms with Gasteiger partial charge >= 0.3 is 0 Å². The highest BCUT2D eigenvalue weighted by atomic mass is 32.2. The molecule has 2 saturated heterocycles. The third-order valence-electron chi connectivity index (χ3n) is 6.91. The minimum Gasteiger partial charge on any atom is -0.378 e. The molecule has 5 rings (SSSR count). The molecule has 0 radical (unpaired) electrons. The number of morpholine rings is 1. The van der Waals surface area contributed by atoms with E-state index in [0.29, 0.717) is 19.6 Å². The number of carbonyl (C=O) groups excluding carboxylic acids is 1. The van der Waals surface area contributed by atoms with Gasteiger partial charge in [-0.25, -0.2) is 9.97 Å². The molecule has 10 nitrogen and oxygen atoms in total. The third kappa shape index (κ3) is 7.59. The summed E-state index contributed by atoms with van der Waals surface area (Å²) in [6, 6.07) is 16.3. The second-order valence-corrected chi connectivity index (χ2v) is 10.3. The first-order valence-corrected chi connectivity index (χ1v) is 14.7. The van der Waals surface area contributed by atoms with Gasteiger partial charge in [-0.05, 0) is 42.7 Å². The quantitative estimate of drug-likeness (QED) is 0.224. The van der Waals surface area contributed by atoms with Crippen molar-refractivity contribution in [2.75, 3.05) is 86.9 Å². The molecule has 2 aromatic heterocycles. The Hall–Kier alpha value is -3.41. The van der Waals surface area contributed by atoms with Crippen LogP contribution in [0.1, 0.15) is 5.69 Å². The zero-order valence-corrected chi connectivity index (χ0v) is 23.2. The molecular formula is C28H36N8O2S. The van der Waals surface area contributed by atoms with E-state index in [1.807, 2.05) is 35.4 Å². The molecular weight excluding hydrogens is 512 g/mol. The first-order valence-electron chi connectivity index (χ1n) is 13.4. The zero-order valence-electron chi connectivity index (χ0n) is 22.4. The van der Waals surface area contributed by atoms with Gasteiger partial charge in [-0.1, -0.05) is 17.8 Å². The summed E-state index contributed by atoms with van der Waals surface area (Å²) in [5, 5.41) is 7.42. The summed E-state index contributed by atoms with van der Waals surface area (Å²) in [6.07, 6.45) is 4.59. The van der Waals surface area contributed by atoms with E-state index in [1.165, 1.54) is 17.4 Å². The Balaban J connectivity index is 1.13. The van der Waals surface area contributed by atoms with Crippen molar-refractivity contribution in [2.24, 2.45) is 0 Å². The summed E-state index contributed by atoms with van der Waals surface area (Å²) < 4.78 is 5.46. The van der Waals surface area contributed by atoms with Crippen LogP contribution in [0.25, 0.3) is 0 Å². The summed E-state index contributed by atoms with van der Waals surface area (Å²) in [4.78, 5) is 33.0. The molecule has 4 heterocycles. The molecule has 206 valence electrons. The molecule has 2 N–H and O–H groups in total. The number of benzene rings is 1. The third-order valence-corrected chi connectivity index (χ3v) is 7.46. The Morgan fingerprint density at radius 1 is 0.974 bits per heavy atom. The van der Waals surface area contributed by atoms with E-state index >= 15 is 0 Å². The van der Waals surface area contributed by atoms with Gasteiger partial charge in [0, 0.05) is 81.6 Å². The van der Waals surface area contributed by atoms with E-state index in [4.69, 9.17) is 9.72 Å². The van der Waals surface area contributed by atoms with Crippen LogP contribution in [0.3, 0.4) is 0 Å². The van der Waals surface area contributed by atoms with Gasteiger partial charge in [-0.3, -0.25) is 9.78 Å². The molecule has 0 aliphatic carbocycles. The summed E-state index contributed by atoms with van der Waals surface area (Å²) in [5.74, 6) is 1.77. The van der Waals surface area contributed by atoms with Crippen LogP contribution in [0.2, 0.25) is 0 Å². The maximum atomic E-state index is 12.7. The largest absolute Gasteiger partial charge is 0.378 e. The zero-order chi connectivity index (χ0) is 26.9. The van der Waals surface area contributed by atoms with Crippen LogP contribution in [0.5, 0.6) is 0 Å². The number of ether oxygens (including phenoxy) is 1. The summed E-state index contributed by atoms with van der Waals surface area (Å²) in [6.45, 7) is 7.26. The van der Waals surface area contributed by atoms with Crippen LogP contribution in [0.4, 0.5) is 23.0 Å². The normalized spacial score (nSPS) is 15.9. The monoisotopic (exact) mass is 548 g/mol. The second-order valence-electron chi connectivity index (χ2n) is 9.49. The van der Waals surface area contributed by atoms with Crippen LogP contribution in [-0.4, -0.2) is 97.6 Å². The predicted octanol–water partition coefficient (Wildman–Crippen LogP) is 2.65. The van der Waals surface area contributed by atoms with Crippen molar-refractivity contribution in [2.45, 2.75) is 11.6 Å². The van der Waals surface area contributed by atoms with Crippen molar-refractivity contribution < 1.29 is 9.53 Å². The second kappa shape index (κ2) is 13.6. The molecule has 2 aliphatic rings. The number of piperazine rings is 1. The van der Waals surface area contributed by atoms with Crippen molar-refractivity contribution in [1.82, 2.24) is 25.2 Å². The lowest BCUT2D eigenvalue weighted by Crippen LogP contribution is -2.51. The van der Waals surface area contributed by atoms with Gasteiger partial charge in [0.15, 0.2) is 5.16 Å². The Kier molecular flexibility index (Phi) is 9.47. The number of hydrogen-bond donors (Lipinski definition) is 2. The molecule has 2 aliphatic heterocycles. The lowest BCUT2D eigenvalue weighted by atomic mass is 10.2. The van der Waals surface area contributed by atoms with Crippen LogP contribution in [0.15, 0.2) is 59.9 Å². The highest BCUT2D eigenvalue weighted by molar-refractivity contribution is 7.98. The Bertz CT molecular complexity index is 1200. The molecule has 3 aromatic rings. The molecule has 0 spiro atoms. The number of carbonyl (C=O) groups is 1. The van der Waals surface area contributed by atoms with Gasteiger partial charge < -0.3 is 30.1 Å². The van der Waals surface area contributed by atoms with Crippen LogP contribution in [-0.2, 0) is 16.0 Å². The number of nitrogens with zero attached hydrogens (tertiary/aromatic N) is 6. The van der Waals surface area contributed by atoms with E-state index in [-0.39, 0.29) is 5.91 Å². The molecule has 0 atom stereocenters. The average Bonchev–Trinajstić information content (AvgIpc) is 3.00. The highest BCUT2D eigenvalue weighted by Crippen LogP contribution is 2.25. The summed E-state index contributed by atoms with van der Waals surface area (Å²) in [7, 11) is 0. The fraction of sp³-hybridized carbons (Fsp3) is 0.429. The van der Waals surface area contributed by atoms with E-state index in [1.54, 1.807) is 6.20 Å². The average molecular weight is 549 g/mol. The SMILES string of the molecule is CSc1nc(Nc2ccc(N3CCOCC3)cc2)cc(N2CCN(C(=O)CNCCc3ccccn3)CC2)n1. The topological polar surface area (TPSA) is 98.8 Å². The predicted molar refractivity (Wildman–Crippen MR) is 156 cm³/mol. The van der Waals surface area contributed by atoms with Crippen molar-refractivity contribution in [3.8, 4) is 0 Å². The molecule has 11 heteroatoms. The van der Waals surface area contributed by atoms with Crippen molar-refractivity contribution in [3.63, 3.8) is 0 Å². The lowest BCUT2D eigenvalue weighted by molar-refractivity contribution is -0.130. The Morgan fingerprint density at radius 2 is 1.77 bits per heavy atom. The fourth-order valence-corrected chi connectivity index (χ4v) is 5.08. The first kappa shape index (κ1) is 27.2. The van der Waals surface area contributed by atoms with Gasteiger partial charge in [-0.2, -0.15) is 0 Å². The van der Waals surface area contributed by atoms with Gasteiger partial charge in [-0.15, -0.1) is 0 Å². The van der Waals surface area contributed by atoms with Gasteiger partial charge in [0.25, 0.3) is 0 Å². The fourth-order valence-electron chi connectivity index (χ4n) is 4.71. The van der Waals surface area contributed by atoms with E-state index in [0.717, 1.165) is 80.5 Å². The number of amides is 1. The number of aromatic nitrogens is 3. The number of nitrogens with one attached hydrogen (secondary N) is 2. The van der Waals surface area contributed by atoms with E-state index in [2.05, 4.69) is 54.7 Å². The number of pyridine rings is 1. The van der Waals surface area contributed by atoms with Crippen LogP contribution >= 0.6 is 11.8 Å². The molecule has 39 heavy (non-hydrogen) atoms. The van der Waals surface area contributed by atoms with Gasteiger partial charge in [0.2, 0.25) is 5.91 Å². The van der Waals surface area contributed by atoms with Crippen molar-refractivity contribution >= 4 is 40.7 Å². The minimum atomic E-state index is 0.131. The standard InChI is InChI=1S/C28H36N8O2S/c1-39-28-32-25(31-23-5-7-24(8-6-23)34-16-18-38-19-17-34)20-26(33-28)35-12-14-36(15-13-35)27(37)21-29-11-9-22-4-2-3-10-30-22/h2-8,10,20,29H,9,11-19,21H2,1H3,(H,31,32,33). The number of anilines is 4. The molecule has 2 fully saturated rings. The summed E-state index contributed by atoms with van der Waals surface area (Å²) >= 11 is 1.52. The lowest BCUT2D eigenvalue weighted by Gasteiger charge is -2.35. The van der Waals surface area contributed by atoms with Gasteiger partial charge in [0.05, 0.1) is 19.8 Å². The highest BCUT2D eigenvalue weighted by Gasteiger charge is 2.22. The van der Waals surface area contributed by atoms with Crippen molar-refractivity contribution in [3.05, 3.63) is 60.4 Å². The van der Waals surface area contributed by atoms with E-state index in [9.17, 15) is 4.79 Å². The number of hydrogen-bond acceptors (Lipinski definition) is 10. The number of thioether (sulfide) groups is 1. The molecule has 0 unspecified atom stereocenters.